The fourth-order valence-corrected chi connectivity index (χ4v) is 3.93. The first kappa shape index (κ1) is 25.2. The Labute approximate surface area is 198 Å². The van der Waals surface area contributed by atoms with Crippen LogP contribution in [0.3, 0.4) is 0 Å². The van der Waals surface area contributed by atoms with E-state index in [1.165, 1.54) is 24.3 Å². The summed E-state index contributed by atoms with van der Waals surface area (Å²) < 4.78 is 13.5. The van der Waals surface area contributed by atoms with Gasteiger partial charge in [-0.1, -0.05) is 61.7 Å². The van der Waals surface area contributed by atoms with Crippen molar-refractivity contribution < 1.29 is 24.3 Å². The molecule has 0 radical (unpaired) electrons. The number of rotatable bonds is 12. The predicted octanol–water partition coefficient (Wildman–Crippen LogP) is 4.92. The summed E-state index contributed by atoms with van der Waals surface area (Å²) in [5.41, 5.74) is 1.99. The zero-order valence-electron chi connectivity index (χ0n) is 18.9. The Morgan fingerprint density at radius 3 is 2.00 bits per heavy atom. The van der Waals surface area contributed by atoms with E-state index in [0.29, 0.717) is 41.6 Å². The molecule has 0 aliphatic rings. The molecular weight excluding hydrogens is 435 g/mol. The first-order chi connectivity index (χ1) is 16.4. The van der Waals surface area contributed by atoms with E-state index in [-0.39, 0.29) is 11.7 Å². The molecule has 3 N–H and O–H groups in total. The topological polar surface area (TPSA) is 99.5 Å². The van der Waals surface area contributed by atoms with E-state index in [0.717, 1.165) is 25.7 Å². The minimum atomic E-state index is -1.59. The molecule has 1 atom stereocenters. The summed E-state index contributed by atoms with van der Waals surface area (Å²) in [5, 5.41) is 20.2. The van der Waals surface area contributed by atoms with Gasteiger partial charge in [-0.05, 0) is 48.2 Å². The molecule has 1 aromatic heterocycles. The average molecular weight is 465 g/mol. The summed E-state index contributed by atoms with van der Waals surface area (Å²) in [7, 11) is 0. The summed E-state index contributed by atoms with van der Waals surface area (Å²) in [5.74, 6) is -0.758. The molecule has 0 saturated carbocycles. The third-order valence-corrected chi connectivity index (χ3v) is 5.85. The molecule has 178 valence electrons. The summed E-state index contributed by atoms with van der Waals surface area (Å²) in [6.45, 7) is 0. The lowest BCUT2D eigenvalue weighted by atomic mass is 9.82. The van der Waals surface area contributed by atoms with Gasteiger partial charge in [-0.25, -0.2) is 9.87 Å². The minimum absolute atomic E-state index is 0.0226. The number of amides is 1. The van der Waals surface area contributed by atoms with Crippen molar-refractivity contribution in [1.82, 2.24) is 10.5 Å². The molecule has 0 aliphatic carbocycles. The number of carbonyl (C=O) groups excluding carboxylic acids is 2. The van der Waals surface area contributed by atoms with Gasteiger partial charge in [-0.15, -0.1) is 0 Å². The van der Waals surface area contributed by atoms with Crippen LogP contribution in [0.1, 0.15) is 72.1 Å². The van der Waals surface area contributed by atoms with E-state index in [9.17, 15) is 19.1 Å². The second kappa shape index (κ2) is 12.2. The molecule has 2 aromatic carbocycles. The van der Waals surface area contributed by atoms with Crippen LogP contribution in [0.4, 0.5) is 4.39 Å². The maximum atomic E-state index is 13.5. The quantitative estimate of drug-likeness (QED) is 0.153. The zero-order valence-corrected chi connectivity index (χ0v) is 18.9. The van der Waals surface area contributed by atoms with Crippen molar-refractivity contribution in [2.24, 2.45) is 0 Å². The van der Waals surface area contributed by atoms with Crippen molar-refractivity contribution in [3.63, 3.8) is 0 Å². The lowest BCUT2D eigenvalue weighted by molar-refractivity contribution is -0.129. The highest BCUT2D eigenvalue weighted by Crippen LogP contribution is 2.35. The van der Waals surface area contributed by atoms with Crippen LogP contribution in [0.2, 0.25) is 0 Å². The Morgan fingerprint density at radius 2 is 1.41 bits per heavy atom. The number of ketones is 1. The number of Topliss-reactive ketones (excluding diaryl/α,β-unsaturated/α-hetero) is 1. The van der Waals surface area contributed by atoms with Gasteiger partial charge in [-0.3, -0.25) is 19.8 Å². The Hall–Kier alpha value is -3.42. The van der Waals surface area contributed by atoms with E-state index in [4.69, 9.17) is 5.21 Å². The van der Waals surface area contributed by atoms with Gasteiger partial charge in [0.15, 0.2) is 11.4 Å². The molecule has 1 heterocycles. The first-order valence-electron chi connectivity index (χ1n) is 11.4. The predicted molar refractivity (Wildman–Crippen MR) is 126 cm³/mol. The number of carbonyl (C=O) groups is 2. The van der Waals surface area contributed by atoms with Crippen molar-refractivity contribution in [2.45, 2.75) is 50.5 Å². The van der Waals surface area contributed by atoms with Crippen LogP contribution < -0.4 is 5.48 Å². The summed E-state index contributed by atoms with van der Waals surface area (Å²) in [6, 6.07) is 17.7. The van der Waals surface area contributed by atoms with Gasteiger partial charge in [-0.2, -0.15) is 0 Å². The summed E-state index contributed by atoms with van der Waals surface area (Å²) in [4.78, 5) is 27.9. The molecule has 0 aliphatic heterocycles. The van der Waals surface area contributed by atoms with Crippen LogP contribution in [0.25, 0.3) is 0 Å². The summed E-state index contributed by atoms with van der Waals surface area (Å²) in [6.07, 6.45) is 6.42. The van der Waals surface area contributed by atoms with E-state index in [2.05, 4.69) is 4.98 Å². The molecule has 1 unspecified atom stereocenters. The van der Waals surface area contributed by atoms with Gasteiger partial charge >= 0.3 is 0 Å². The molecule has 0 fully saturated rings. The second-order valence-corrected chi connectivity index (χ2v) is 8.24. The molecule has 3 rings (SSSR count). The molecule has 7 heteroatoms. The number of halogens is 1. The molecule has 6 nitrogen and oxygen atoms in total. The minimum Gasteiger partial charge on any atom is -0.374 e. The average Bonchev–Trinajstić information content (AvgIpc) is 2.88. The number of benzene rings is 2. The lowest BCUT2D eigenvalue weighted by Gasteiger charge is -2.29. The smallest absolute Gasteiger partial charge is 0.243 e. The van der Waals surface area contributed by atoms with E-state index in [1.54, 1.807) is 54.1 Å². The van der Waals surface area contributed by atoms with Gasteiger partial charge in [0.25, 0.3) is 0 Å². The van der Waals surface area contributed by atoms with Gasteiger partial charge in [0.2, 0.25) is 5.91 Å². The second-order valence-electron chi connectivity index (χ2n) is 8.24. The highest BCUT2D eigenvalue weighted by molar-refractivity contribution is 5.96. The van der Waals surface area contributed by atoms with Crippen molar-refractivity contribution in [1.29, 1.82) is 0 Å². The van der Waals surface area contributed by atoms with Crippen LogP contribution in [-0.4, -0.2) is 27.0 Å². The Kier molecular flexibility index (Phi) is 9.01. The SMILES string of the molecule is O=C(CCCCCCCC(=O)c1ccc(C(O)(c2ccc(F)cc2)c2ccccn2)cc1)NO. The van der Waals surface area contributed by atoms with Gasteiger partial charge in [0.05, 0.1) is 5.69 Å². The maximum absolute atomic E-state index is 13.5. The molecule has 0 spiro atoms. The van der Waals surface area contributed by atoms with E-state index in [1.807, 2.05) is 0 Å². The number of hydrogen-bond donors (Lipinski definition) is 3. The largest absolute Gasteiger partial charge is 0.374 e. The summed E-state index contributed by atoms with van der Waals surface area (Å²) >= 11 is 0. The fraction of sp³-hybridized carbons (Fsp3) is 0.296. The number of pyridine rings is 1. The first-order valence-corrected chi connectivity index (χ1v) is 11.4. The third kappa shape index (κ3) is 6.34. The molecular formula is C27H29FN2O4. The number of nitrogens with zero attached hydrogens (tertiary/aromatic N) is 1. The van der Waals surface area contributed by atoms with Crippen LogP contribution in [0.5, 0.6) is 0 Å². The third-order valence-electron chi connectivity index (χ3n) is 5.85. The van der Waals surface area contributed by atoms with Gasteiger partial charge in [0.1, 0.15) is 5.82 Å². The van der Waals surface area contributed by atoms with E-state index < -0.39 is 11.4 Å². The number of aliphatic hydroxyl groups is 1. The lowest BCUT2D eigenvalue weighted by Crippen LogP contribution is -2.30. The Morgan fingerprint density at radius 1 is 0.824 bits per heavy atom. The monoisotopic (exact) mass is 464 g/mol. The number of aromatic nitrogens is 1. The van der Waals surface area contributed by atoms with Crippen LogP contribution in [0.15, 0.2) is 72.9 Å². The molecule has 1 amide bonds. The molecule has 0 saturated heterocycles. The number of hydroxylamine groups is 1. The van der Waals surface area contributed by atoms with Crippen molar-refractivity contribution in [3.05, 3.63) is 101 Å². The van der Waals surface area contributed by atoms with Crippen molar-refractivity contribution in [3.8, 4) is 0 Å². The number of nitrogens with one attached hydrogen (secondary N) is 1. The standard InChI is InChI=1S/C27H29FN2O4/c28-23-17-15-22(16-18-23)27(33,25-9-6-7-19-29-25)21-13-11-20(12-14-21)24(31)8-4-2-1-3-5-10-26(32)30-34/h6-7,9,11-19,33-34H,1-5,8,10H2,(H,30,32). The van der Waals surface area contributed by atoms with E-state index >= 15 is 0 Å². The normalized spacial score (nSPS) is 12.7. The Bertz CT molecular complexity index is 1070. The highest BCUT2D eigenvalue weighted by atomic mass is 19.1. The van der Waals surface area contributed by atoms with Crippen LogP contribution in [-0.2, 0) is 10.4 Å². The molecule has 3 aromatic rings. The van der Waals surface area contributed by atoms with Gasteiger partial charge in [0, 0.05) is 24.6 Å². The van der Waals surface area contributed by atoms with Crippen LogP contribution in [0, 0.1) is 5.82 Å². The maximum Gasteiger partial charge on any atom is 0.243 e. The molecule has 0 bridgehead atoms. The number of unbranched alkanes of at least 4 members (excludes halogenated alkanes) is 4. The number of hydrogen-bond acceptors (Lipinski definition) is 5. The highest BCUT2D eigenvalue weighted by Gasteiger charge is 2.35. The zero-order chi connectivity index (χ0) is 24.4. The van der Waals surface area contributed by atoms with Crippen molar-refractivity contribution in [2.75, 3.05) is 0 Å². The van der Waals surface area contributed by atoms with Crippen LogP contribution >= 0.6 is 0 Å². The van der Waals surface area contributed by atoms with Gasteiger partial charge < -0.3 is 5.11 Å². The Balaban J connectivity index is 1.65. The fourth-order valence-electron chi connectivity index (χ4n) is 3.93. The van der Waals surface area contributed by atoms with Crippen molar-refractivity contribution >= 4 is 11.7 Å². The molecule has 34 heavy (non-hydrogen) atoms.